The summed E-state index contributed by atoms with van der Waals surface area (Å²) in [5.41, 5.74) is 1.10. The van der Waals surface area contributed by atoms with Crippen LogP contribution in [0.25, 0.3) is 0 Å². The lowest BCUT2D eigenvalue weighted by Crippen LogP contribution is -2.25. The Kier molecular flexibility index (Phi) is 5.90. The highest BCUT2D eigenvalue weighted by atomic mass is 35.5. The van der Waals surface area contributed by atoms with E-state index in [4.69, 9.17) is 16.7 Å². The summed E-state index contributed by atoms with van der Waals surface area (Å²) < 4.78 is 0. The molecule has 1 aromatic carbocycles. The predicted molar refractivity (Wildman–Crippen MR) is 64.5 cm³/mol. The first-order valence-electron chi connectivity index (χ1n) is 5.34. The van der Waals surface area contributed by atoms with E-state index in [1.165, 1.54) is 0 Å². The topological polar surface area (TPSA) is 49.3 Å². The molecule has 88 valence electrons. The van der Waals surface area contributed by atoms with E-state index in [1.54, 1.807) is 0 Å². The van der Waals surface area contributed by atoms with Crippen LogP contribution in [0.1, 0.15) is 18.4 Å². The molecule has 0 atom stereocenters. The van der Waals surface area contributed by atoms with Crippen molar-refractivity contribution in [2.45, 2.75) is 19.3 Å². The standard InChI is InChI=1S/C12H16ClNO2/c13-11-5-2-10(3-6-11)4-7-12(16)14-8-1-9-15/h2-3,5-6,15H,1,4,7-9H2,(H,14,16). The van der Waals surface area contributed by atoms with E-state index in [0.717, 1.165) is 5.56 Å². The average Bonchev–Trinajstić information content (AvgIpc) is 2.29. The second-order valence-corrected chi connectivity index (χ2v) is 3.99. The van der Waals surface area contributed by atoms with E-state index in [-0.39, 0.29) is 12.5 Å². The fourth-order valence-electron chi connectivity index (χ4n) is 1.30. The van der Waals surface area contributed by atoms with Crippen LogP contribution in [-0.2, 0) is 11.2 Å². The van der Waals surface area contributed by atoms with E-state index < -0.39 is 0 Å². The molecule has 16 heavy (non-hydrogen) atoms. The van der Waals surface area contributed by atoms with Crippen molar-refractivity contribution in [2.75, 3.05) is 13.2 Å². The van der Waals surface area contributed by atoms with Crippen LogP contribution in [0.3, 0.4) is 0 Å². The Hall–Kier alpha value is -1.06. The normalized spacial score (nSPS) is 10.1. The number of hydrogen-bond donors (Lipinski definition) is 2. The maximum atomic E-state index is 11.3. The predicted octanol–water partition coefficient (Wildman–Crippen LogP) is 1.77. The van der Waals surface area contributed by atoms with Crippen molar-refractivity contribution in [3.63, 3.8) is 0 Å². The lowest BCUT2D eigenvalue weighted by Gasteiger charge is -2.04. The number of hydrogen-bond acceptors (Lipinski definition) is 2. The number of benzene rings is 1. The number of amides is 1. The SMILES string of the molecule is O=C(CCc1ccc(Cl)cc1)NCCCO. The van der Waals surface area contributed by atoms with Gasteiger partial charge in [-0.2, -0.15) is 0 Å². The van der Waals surface area contributed by atoms with Gasteiger partial charge >= 0.3 is 0 Å². The summed E-state index contributed by atoms with van der Waals surface area (Å²) >= 11 is 5.76. The number of aliphatic hydroxyl groups is 1. The molecule has 0 unspecified atom stereocenters. The number of carbonyl (C=O) groups is 1. The summed E-state index contributed by atoms with van der Waals surface area (Å²) in [6.07, 6.45) is 1.78. The number of aliphatic hydroxyl groups excluding tert-OH is 1. The zero-order valence-corrected chi connectivity index (χ0v) is 9.83. The number of rotatable bonds is 6. The van der Waals surface area contributed by atoms with Gasteiger partial charge in [0.2, 0.25) is 5.91 Å². The van der Waals surface area contributed by atoms with Gasteiger partial charge in [-0.25, -0.2) is 0 Å². The Morgan fingerprint density at radius 3 is 2.62 bits per heavy atom. The minimum absolute atomic E-state index is 0.0170. The zero-order chi connectivity index (χ0) is 11.8. The fourth-order valence-corrected chi connectivity index (χ4v) is 1.43. The number of carbonyl (C=O) groups excluding carboxylic acids is 1. The van der Waals surface area contributed by atoms with Crippen molar-refractivity contribution in [3.8, 4) is 0 Å². The third-order valence-electron chi connectivity index (χ3n) is 2.21. The third-order valence-corrected chi connectivity index (χ3v) is 2.46. The van der Waals surface area contributed by atoms with Crippen molar-refractivity contribution in [1.29, 1.82) is 0 Å². The second kappa shape index (κ2) is 7.25. The monoisotopic (exact) mass is 241 g/mol. The molecule has 0 aliphatic carbocycles. The molecule has 3 nitrogen and oxygen atoms in total. The van der Waals surface area contributed by atoms with Crippen molar-refractivity contribution in [3.05, 3.63) is 34.9 Å². The van der Waals surface area contributed by atoms with E-state index >= 15 is 0 Å². The molecule has 0 aromatic heterocycles. The minimum Gasteiger partial charge on any atom is -0.396 e. The summed E-state index contributed by atoms with van der Waals surface area (Å²) in [7, 11) is 0. The Labute approximate surface area is 100 Å². The highest BCUT2D eigenvalue weighted by Crippen LogP contribution is 2.10. The summed E-state index contributed by atoms with van der Waals surface area (Å²) in [6.45, 7) is 0.646. The molecule has 0 saturated carbocycles. The van der Waals surface area contributed by atoms with Crippen molar-refractivity contribution in [2.24, 2.45) is 0 Å². The summed E-state index contributed by atoms with van der Waals surface area (Å²) in [6, 6.07) is 7.48. The molecule has 1 amide bonds. The molecule has 0 saturated heterocycles. The molecule has 4 heteroatoms. The van der Waals surface area contributed by atoms with Gasteiger partial charge in [0.1, 0.15) is 0 Å². The Morgan fingerprint density at radius 1 is 1.31 bits per heavy atom. The van der Waals surface area contributed by atoms with Gasteiger partial charge in [-0.15, -0.1) is 0 Å². The first-order chi connectivity index (χ1) is 7.72. The first kappa shape index (κ1) is 13.0. The van der Waals surface area contributed by atoms with E-state index in [9.17, 15) is 4.79 Å². The quantitative estimate of drug-likeness (QED) is 0.746. The van der Waals surface area contributed by atoms with Crippen LogP contribution in [0.5, 0.6) is 0 Å². The molecule has 0 fully saturated rings. The largest absolute Gasteiger partial charge is 0.396 e. The van der Waals surface area contributed by atoms with Gasteiger partial charge in [-0.1, -0.05) is 23.7 Å². The summed E-state index contributed by atoms with van der Waals surface area (Å²) in [4.78, 5) is 11.3. The molecule has 1 aromatic rings. The molecule has 0 bridgehead atoms. The molecular formula is C12H16ClNO2. The van der Waals surface area contributed by atoms with Crippen LogP contribution < -0.4 is 5.32 Å². The zero-order valence-electron chi connectivity index (χ0n) is 9.08. The van der Waals surface area contributed by atoms with Gasteiger partial charge in [-0.05, 0) is 30.5 Å². The van der Waals surface area contributed by atoms with Gasteiger partial charge in [0.15, 0.2) is 0 Å². The Balaban J connectivity index is 2.23. The maximum Gasteiger partial charge on any atom is 0.220 e. The van der Waals surface area contributed by atoms with E-state index in [0.29, 0.717) is 30.8 Å². The molecular weight excluding hydrogens is 226 g/mol. The molecule has 0 spiro atoms. The fraction of sp³-hybridized carbons (Fsp3) is 0.417. The van der Waals surface area contributed by atoms with E-state index in [1.807, 2.05) is 24.3 Å². The number of aryl methyl sites for hydroxylation is 1. The average molecular weight is 242 g/mol. The molecule has 0 radical (unpaired) electrons. The second-order valence-electron chi connectivity index (χ2n) is 3.55. The number of nitrogens with one attached hydrogen (secondary N) is 1. The lowest BCUT2D eigenvalue weighted by atomic mass is 10.1. The van der Waals surface area contributed by atoms with Gasteiger partial charge in [0.05, 0.1) is 0 Å². The van der Waals surface area contributed by atoms with Crippen LogP contribution in [-0.4, -0.2) is 24.2 Å². The smallest absolute Gasteiger partial charge is 0.220 e. The summed E-state index contributed by atoms with van der Waals surface area (Å²) in [5, 5.41) is 12.0. The van der Waals surface area contributed by atoms with Crippen molar-refractivity contribution in [1.82, 2.24) is 5.32 Å². The van der Waals surface area contributed by atoms with Gasteiger partial charge in [0, 0.05) is 24.6 Å². The minimum atomic E-state index is 0.0170. The molecule has 2 N–H and O–H groups in total. The van der Waals surface area contributed by atoms with Crippen molar-refractivity contribution >= 4 is 17.5 Å². The first-order valence-corrected chi connectivity index (χ1v) is 5.72. The molecule has 0 aliphatic heterocycles. The van der Waals surface area contributed by atoms with Crippen LogP contribution in [0.4, 0.5) is 0 Å². The van der Waals surface area contributed by atoms with Gasteiger partial charge in [0.25, 0.3) is 0 Å². The Bertz CT molecular complexity index is 324. The molecule has 0 aliphatic rings. The van der Waals surface area contributed by atoms with E-state index in [2.05, 4.69) is 5.32 Å². The van der Waals surface area contributed by atoms with Gasteiger partial charge < -0.3 is 10.4 Å². The van der Waals surface area contributed by atoms with Crippen molar-refractivity contribution < 1.29 is 9.90 Å². The maximum absolute atomic E-state index is 11.3. The van der Waals surface area contributed by atoms with Gasteiger partial charge in [-0.3, -0.25) is 4.79 Å². The lowest BCUT2D eigenvalue weighted by molar-refractivity contribution is -0.121. The molecule has 1 rings (SSSR count). The summed E-state index contributed by atoms with van der Waals surface area (Å²) in [5.74, 6) is 0.0170. The number of halogens is 1. The highest BCUT2D eigenvalue weighted by Gasteiger charge is 2.01. The third kappa shape index (κ3) is 5.14. The van der Waals surface area contributed by atoms with Crippen LogP contribution >= 0.6 is 11.6 Å². The van der Waals surface area contributed by atoms with Crippen LogP contribution in [0.15, 0.2) is 24.3 Å². The van der Waals surface area contributed by atoms with Crippen LogP contribution in [0.2, 0.25) is 5.02 Å². The highest BCUT2D eigenvalue weighted by molar-refractivity contribution is 6.30. The Morgan fingerprint density at radius 2 is 2.00 bits per heavy atom. The molecule has 0 heterocycles. The van der Waals surface area contributed by atoms with Crippen LogP contribution in [0, 0.1) is 0 Å².